The highest BCUT2D eigenvalue weighted by molar-refractivity contribution is 7.17. The van der Waals surface area contributed by atoms with Crippen molar-refractivity contribution >= 4 is 39.4 Å². The van der Waals surface area contributed by atoms with Gasteiger partial charge in [-0.2, -0.15) is 13.2 Å². The van der Waals surface area contributed by atoms with Gasteiger partial charge in [0.25, 0.3) is 0 Å². The van der Waals surface area contributed by atoms with Crippen molar-refractivity contribution in [1.29, 1.82) is 0 Å². The highest BCUT2D eigenvalue weighted by atomic mass is 32.1. The smallest absolute Gasteiger partial charge is 0.475 e. The summed E-state index contributed by atoms with van der Waals surface area (Å²) >= 11 is 1.67. The molecule has 2 fully saturated rings. The number of nitrogens with zero attached hydrogens (tertiary/aromatic N) is 4. The van der Waals surface area contributed by atoms with Crippen LogP contribution in [-0.4, -0.2) is 63.7 Å². The Morgan fingerprint density at radius 1 is 1.28 bits per heavy atom. The lowest BCUT2D eigenvalue weighted by Gasteiger charge is -2.35. The summed E-state index contributed by atoms with van der Waals surface area (Å²) in [6, 6.07) is 2.05. The van der Waals surface area contributed by atoms with E-state index in [0.717, 1.165) is 54.9 Å². The minimum Gasteiger partial charge on any atom is -0.475 e. The Labute approximate surface area is 169 Å². The molecular weight excluding hydrogens is 409 g/mol. The molecule has 1 unspecified atom stereocenters. The number of carboxylic acid groups (broad SMARTS) is 1. The first-order valence-corrected chi connectivity index (χ1v) is 10.0. The van der Waals surface area contributed by atoms with Gasteiger partial charge in [-0.3, -0.25) is 4.79 Å². The quantitative estimate of drug-likeness (QED) is 0.747. The molecule has 1 spiro atoms. The van der Waals surface area contributed by atoms with Crippen LogP contribution in [0.15, 0.2) is 17.6 Å². The SMILES string of the molecule is CN1C(=O)CCC12CCCN(c1ncc3sccc3n1)CC2.O=C(O)C(F)(F)F. The van der Waals surface area contributed by atoms with Gasteiger partial charge < -0.3 is 14.9 Å². The molecule has 1 atom stereocenters. The Hall–Kier alpha value is -2.43. The van der Waals surface area contributed by atoms with Gasteiger partial charge in [0.15, 0.2) is 0 Å². The van der Waals surface area contributed by atoms with E-state index in [4.69, 9.17) is 14.9 Å². The first kappa shape index (κ1) is 21.3. The zero-order chi connectivity index (χ0) is 21.2. The summed E-state index contributed by atoms with van der Waals surface area (Å²) in [5.41, 5.74) is 1.10. The van der Waals surface area contributed by atoms with Crippen LogP contribution in [0.5, 0.6) is 0 Å². The molecule has 7 nitrogen and oxygen atoms in total. The molecule has 0 saturated carbocycles. The second-order valence-corrected chi connectivity index (χ2v) is 8.11. The van der Waals surface area contributed by atoms with Crippen LogP contribution in [0.4, 0.5) is 19.1 Å². The van der Waals surface area contributed by atoms with Crippen molar-refractivity contribution in [3.05, 3.63) is 17.6 Å². The summed E-state index contributed by atoms with van der Waals surface area (Å²) in [5, 5.41) is 9.18. The Bertz CT molecular complexity index is 904. The van der Waals surface area contributed by atoms with Crippen LogP contribution in [0.1, 0.15) is 32.1 Å². The van der Waals surface area contributed by atoms with Crippen molar-refractivity contribution < 1.29 is 27.9 Å². The molecule has 2 aliphatic rings. The van der Waals surface area contributed by atoms with E-state index in [2.05, 4.69) is 15.3 Å². The van der Waals surface area contributed by atoms with E-state index in [9.17, 15) is 18.0 Å². The maximum absolute atomic E-state index is 11.9. The third-order valence-corrected chi connectivity index (χ3v) is 6.36. The largest absolute Gasteiger partial charge is 0.490 e. The lowest BCUT2D eigenvalue weighted by atomic mass is 9.88. The molecular formula is C18H21F3N4O3S. The van der Waals surface area contributed by atoms with Crippen molar-refractivity contribution in [2.75, 3.05) is 25.0 Å². The standard InChI is InChI=1S/C16H20N4OS.C2HF3O2/c1-19-14(21)3-6-16(19)5-2-8-20(9-7-16)15-17-11-13-12(18-15)4-10-22-13;3-2(4,5)1(6)7/h4,10-11H,2-3,5-9H2,1H3;(H,6,7). The van der Waals surface area contributed by atoms with E-state index >= 15 is 0 Å². The molecule has 158 valence electrons. The zero-order valence-electron chi connectivity index (χ0n) is 15.8. The molecule has 0 aliphatic carbocycles. The van der Waals surface area contributed by atoms with Crippen molar-refractivity contribution in [3.63, 3.8) is 0 Å². The Balaban J connectivity index is 0.000000298. The number of carboxylic acids is 1. The molecule has 0 aromatic carbocycles. The van der Waals surface area contributed by atoms with E-state index in [-0.39, 0.29) is 5.54 Å². The Morgan fingerprint density at radius 3 is 2.62 bits per heavy atom. The van der Waals surface area contributed by atoms with Crippen molar-refractivity contribution in [3.8, 4) is 0 Å². The van der Waals surface area contributed by atoms with Crippen LogP contribution in [0.25, 0.3) is 10.2 Å². The predicted octanol–water partition coefficient (Wildman–Crippen LogP) is 3.31. The first-order valence-electron chi connectivity index (χ1n) is 9.14. The number of amides is 1. The van der Waals surface area contributed by atoms with Crippen molar-refractivity contribution in [2.24, 2.45) is 0 Å². The highest BCUT2D eigenvalue weighted by Crippen LogP contribution is 2.38. The molecule has 1 amide bonds. The van der Waals surface area contributed by atoms with Crippen LogP contribution in [0.3, 0.4) is 0 Å². The lowest BCUT2D eigenvalue weighted by Crippen LogP contribution is -2.43. The van der Waals surface area contributed by atoms with Crippen LogP contribution in [0, 0.1) is 0 Å². The number of hydrogen-bond acceptors (Lipinski definition) is 6. The fourth-order valence-electron chi connectivity index (χ4n) is 3.81. The summed E-state index contributed by atoms with van der Waals surface area (Å²) < 4.78 is 32.9. The molecule has 4 rings (SSSR count). The average molecular weight is 430 g/mol. The second-order valence-electron chi connectivity index (χ2n) is 7.16. The molecule has 1 N–H and O–H groups in total. The number of halogens is 3. The number of alkyl halides is 3. The van der Waals surface area contributed by atoms with Crippen LogP contribution in [-0.2, 0) is 9.59 Å². The van der Waals surface area contributed by atoms with Crippen molar-refractivity contribution in [2.45, 2.75) is 43.8 Å². The zero-order valence-corrected chi connectivity index (χ0v) is 16.6. The summed E-state index contributed by atoms with van der Waals surface area (Å²) in [7, 11) is 1.97. The number of carbonyl (C=O) groups excluding carboxylic acids is 1. The molecule has 0 bridgehead atoms. The summed E-state index contributed by atoms with van der Waals surface area (Å²) in [6.45, 7) is 1.90. The molecule has 11 heteroatoms. The Kier molecular flexibility index (Phi) is 5.97. The molecule has 0 radical (unpaired) electrons. The third-order valence-electron chi connectivity index (χ3n) is 5.52. The van der Waals surface area contributed by atoms with Gasteiger partial charge in [0.05, 0.1) is 16.4 Å². The van der Waals surface area contributed by atoms with Gasteiger partial charge in [0, 0.05) is 32.1 Å². The third kappa shape index (κ3) is 4.60. The fraction of sp³-hybridized carbons (Fsp3) is 0.556. The highest BCUT2D eigenvalue weighted by Gasteiger charge is 2.43. The number of carbonyl (C=O) groups is 2. The number of aromatic nitrogens is 2. The molecule has 2 aliphatic heterocycles. The van der Waals surface area contributed by atoms with Gasteiger partial charge in [-0.1, -0.05) is 0 Å². The molecule has 2 aromatic heterocycles. The summed E-state index contributed by atoms with van der Waals surface area (Å²) in [5.74, 6) is -1.63. The predicted molar refractivity (Wildman–Crippen MR) is 102 cm³/mol. The van der Waals surface area contributed by atoms with Crippen LogP contribution in [0.2, 0.25) is 0 Å². The lowest BCUT2D eigenvalue weighted by molar-refractivity contribution is -0.192. The topological polar surface area (TPSA) is 86.6 Å². The number of fused-ring (bicyclic) bond motifs is 1. The van der Waals surface area contributed by atoms with E-state index in [1.165, 1.54) is 0 Å². The average Bonchev–Trinajstić information content (AvgIpc) is 3.16. The van der Waals surface area contributed by atoms with Gasteiger partial charge in [-0.15, -0.1) is 11.3 Å². The number of thiophene rings is 1. The number of aliphatic carboxylic acids is 1. The summed E-state index contributed by atoms with van der Waals surface area (Å²) in [6.07, 6.45) is 1.73. The number of hydrogen-bond donors (Lipinski definition) is 1. The van der Waals surface area contributed by atoms with E-state index in [1.807, 2.05) is 24.2 Å². The van der Waals surface area contributed by atoms with E-state index < -0.39 is 12.1 Å². The van der Waals surface area contributed by atoms with Crippen molar-refractivity contribution in [1.82, 2.24) is 14.9 Å². The molecule has 2 aromatic rings. The fourth-order valence-corrected chi connectivity index (χ4v) is 4.50. The molecule has 2 saturated heterocycles. The number of anilines is 1. The first-order chi connectivity index (χ1) is 13.6. The Morgan fingerprint density at radius 2 is 2.00 bits per heavy atom. The number of rotatable bonds is 1. The monoisotopic (exact) mass is 430 g/mol. The van der Waals surface area contributed by atoms with Gasteiger partial charge >= 0.3 is 12.1 Å². The number of likely N-dealkylation sites (tertiary alicyclic amines) is 1. The van der Waals surface area contributed by atoms with E-state index in [0.29, 0.717) is 12.3 Å². The maximum Gasteiger partial charge on any atom is 0.490 e. The van der Waals surface area contributed by atoms with Crippen LogP contribution < -0.4 is 4.90 Å². The van der Waals surface area contributed by atoms with Gasteiger partial charge in [0.2, 0.25) is 11.9 Å². The van der Waals surface area contributed by atoms with Crippen LogP contribution >= 0.6 is 11.3 Å². The summed E-state index contributed by atoms with van der Waals surface area (Å²) in [4.78, 5) is 34.3. The minimum absolute atomic E-state index is 0.0678. The van der Waals surface area contributed by atoms with Gasteiger partial charge in [0.1, 0.15) is 0 Å². The normalized spacial score (nSPS) is 22.6. The molecule has 29 heavy (non-hydrogen) atoms. The second kappa shape index (κ2) is 8.13. The van der Waals surface area contributed by atoms with Gasteiger partial charge in [-0.05, 0) is 37.1 Å². The van der Waals surface area contributed by atoms with E-state index in [1.54, 1.807) is 11.3 Å². The maximum atomic E-state index is 11.9. The minimum atomic E-state index is -5.08. The van der Waals surface area contributed by atoms with Gasteiger partial charge in [-0.25, -0.2) is 14.8 Å². The molecule has 4 heterocycles.